The van der Waals surface area contributed by atoms with Gasteiger partial charge < -0.3 is 10.2 Å². The molecule has 1 aromatic rings. The van der Waals surface area contributed by atoms with Crippen LogP contribution in [-0.4, -0.2) is 30.4 Å². The second-order valence-corrected chi connectivity index (χ2v) is 6.54. The van der Waals surface area contributed by atoms with Crippen molar-refractivity contribution in [3.8, 4) is 0 Å². The van der Waals surface area contributed by atoms with Crippen LogP contribution in [0.5, 0.6) is 0 Å². The number of carbonyl (C=O) groups excluding carboxylic acids is 1. The minimum Gasteiger partial charge on any atom is -0.384 e. The van der Waals surface area contributed by atoms with Gasteiger partial charge in [-0.05, 0) is 42.4 Å². The largest absolute Gasteiger partial charge is 0.384 e. The summed E-state index contributed by atoms with van der Waals surface area (Å²) in [5.74, 6) is 0.185. The van der Waals surface area contributed by atoms with Crippen LogP contribution >= 0.6 is 0 Å². The van der Waals surface area contributed by atoms with Crippen LogP contribution in [0.25, 0.3) is 0 Å². The van der Waals surface area contributed by atoms with Gasteiger partial charge in [0.1, 0.15) is 0 Å². The summed E-state index contributed by atoms with van der Waals surface area (Å²) in [6.45, 7) is 7.25. The van der Waals surface area contributed by atoms with Gasteiger partial charge in [0.25, 0.3) is 5.91 Å². The van der Waals surface area contributed by atoms with Gasteiger partial charge in [0.05, 0.1) is 0 Å². The molecular formula is C16H22N2O. The number of amides is 1. The van der Waals surface area contributed by atoms with E-state index >= 15 is 0 Å². The topological polar surface area (TPSA) is 32.3 Å². The molecule has 19 heavy (non-hydrogen) atoms. The van der Waals surface area contributed by atoms with Crippen molar-refractivity contribution in [2.24, 2.45) is 5.41 Å². The van der Waals surface area contributed by atoms with Crippen molar-refractivity contribution in [3.63, 3.8) is 0 Å². The van der Waals surface area contributed by atoms with Crippen LogP contribution in [0.4, 0.5) is 5.69 Å². The number of rotatable bonds is 1. The van der Waals surface area contributed by atoms with Crippen molar-refractivity contribution in [1.29, 1.82) is 0 Å². The third kappa shape index (κ3) is 2.46. The molecule has 0 bridgehead atoms. The molecule has 1 amide bonds. The Labute approximate surface area is 115 Å². The van der Waals surface area contributed by atoms with E-state index < -0.39 is 0 Å². The summed E-state index contributed by atoms with van der Waals surface area (Å²) in [6.07, 6.45) is 3.39. The highest BCUT2D eigenvalue weighted by Gasteiger charge is 2.29. The number of fused-ring (bicyclic) bond motifs is 1. The highest BCUT2D eigenvalue weighted by Crippen LogP contribution is 2.30. The molecule has 0 spiro atoms. The highest BCUT2D eigenvalue weighted by molar-refractivity contribution is 5.95. The fraction of sp³-hybridized carbons (Fsp3) is 0.562. The van der Waals surface area contributed by atoms with Gasteiger partial charge >= 0.3 is 0 Å². The van der Waals surface area contributed by atoms with Crippen LogP contribution in [0, 0.1) is 5.41 Å². The van der Waals surface area contributed by atoms with E-state index in [1.807, 2.05) is 17.0 Å². The van der Waals surface area contributed by atoms with E-state index in [9.17, 15) is 4.79 Å². The molecule has 0 unspecified atom stereocenters. The lowest BCUT2D eigenvalue weighted by molar-refractivity contribution is 0.0583. The predicted molar refractivity (Wildman–Crippen MR) is 77.6 cm³/mol. The van der Waals surface area contributed by atoms with Crippen LogP contribution in [0.3, 0.4) is 0 Å². The third-order valence-corrected chi connectivity index (χ3v) is 4.25. The molecule has 0 atom stereocenters. The lowest BCUT2D eigenvalue weighted by Crippen LogP contribution is -2.43. The number of nitrogens with zero attached hydrogens (tertiary/aromatic N) is 1. The molecule has 2 aliphatic heterocycles. The van der Waals surface area contributed by atoms with Gasteiger partial charge in [0.2, 0.25) is 0 Å². The van der Waals surface area contributed by atoms with Gasteiger partial charge in [-0.15, -0.1) is 0 Å². The Balaban J connectivity index is 1.80. The number of piperidine rings is 1. The Morgan fingerprint density at radius 2 is 2.21 bits per heavy atom. The second-order valence-electron chi connectivity index (χ2n) is 6.54. The minimum absolute atomic E-state index is 0.185. The molecule has 0 saturated carbocycles. The Hall–Kier alpha value is -1.51. The fourth-order valence-electron chi connectivity index (χ4n) is 3.20. The van der Waals surface area contributed by atoms with Gasteiger partial charge in [-0.1, -0.05) is 19.9 Å². The van der Waals surface area contributed by atoms with E-state index in [2.05, 4.69) is 25.2 Å². The molecular weight excluding hydrogens is 236 g/mol. The van der Waals surface area contributed by atoms with Gasteiger partial charge in [-0.2, -0.15) is 0 Å². The smallest absolute Gasteiger partial charge is 0.253 e. The molecule has 0 radical (unpaired) electrons. The van der Waals surface area contributed by atoms with Crippen LogP contribution in [0.2, 0.25) is 0 Å². The Bertz CT molecular complexity index is 507. The minimum atomic E-state index is 0.185. The van der Waals surface area contributed by atoms with Crippen molar-refractivity contribution < 1.29 is 4.79 Å². The van der Waals surface area contributed by atoms with E-state index in [-0.39, 0.29) is 11.3 Å². The lowest BCUT2D eigenvalue weighted by Gasteiger charge is -2.38. The van der Waals surface area contributed by atoms with Crippen LogP contribution in [0.15, 0.2) is 18.2 Å². The average molecular weight is 258 g/mol. The molecule has 102 valence electrons. The van der Waals surface area contributed by atoms with Crippen molar-refractivity contribution in [2.75, 3.05) is 25.0 Å². The Morgan fingerprint density at radius 1 is 1.37 bits per heavy atom. The SMILES string of the molecule is CC1(C)CCCN(C(=O)c2ccc3c(c2)NCC3)C1. The molecule has 1 N–H and O–H groups in total. The molecule has 1 fully saturated rings. The monoisotopic (exact) mass is 258 g/mol. The Morgan fingerprint density at radius 3 is 3.00 bits per heavy atom. The number of benzene rings is 1. The first kappa shape index (κ1) is 12.5. The summed E-state index contributed by atoms with van der Waals surface area (Å²) in [6, 6.07) is 6.10. The first-order valence-corrected chi connectivity index (χ1v) is 7.21. The molecule has 1 saturated heterocycles. The standard InChI is InChI=1S/C16H22N2O/c1-16(2)7-3-9-18(11-16)15(19)13-5-4-12-6-8-17-14(12)10-13/h4-5,10,17H,3,6-9,11H2,1-2H3. The van der Waals surface area contributed by atoms with E-state index in [0.29, 0.717) is 0 Å². The maximum Gasteiger partial charge on any atom is 0.253 e. The third-order valence-electron chi connectivity index (χ3n) is 4.25. The number of hydrogen-bond acceptors (Lipinski definition) is 2. The summed E-state index contributed by atoms with van der Waals surface area (Å²) in [7, 11) is 0. The number of likely N-dealkylation sites (tertiary alicyclic amines) is 1. The lowest BCUT2D eigenvalue weighted by atomic mass is 9.84. The van der Waals surface area contributed by atoms with Crippen LogP contribution in [0.1, 0.15) is 42.6 Å². The van der Waals surface area contributed by atoms with Crippen LogP contribution in [-0.2, 0) is 6.42 Å². The zero-order chi connectivity index (χ0) is 13.5. The number of carbonyl (C=O) groups is 1. The fourth-order valence-corrected chi connectivity index (χ4v) is 3.20. The molecule has 3 heteroatoms. The molecule has 3 nitrogen and oxygen atoms in total. The summed E-state index contributed by atoms with van der Waals surface area (Å²) >= 11 is 0. The summed E-state index contributed by atoms with van der Waals surface area (Å²) in [5.41, 5.74) is 3.55. The zero-order valence-electron chi connectivity index (χ0n) is 11.8. The van der Waals surface area contributed by atoms with Crippen molar-refractivity contribution in [1.82, 2.24) is 4.90 Å². The molecule has 0 aromatic heterocycles. The van der Waals surface area contributed by atoms with Gasteiger partial charge in [-0.3, -0.25) is 4.79 Å². The van der Waals surface area contributed by atoms with E-state index in [1.54, 1.807) is 0 Å². The quantitative estimate of drug-likeness (QED) is 0.840. The first-order chi connectivity index (χ1) is 9.05. The van der Waals surface area contributed by atoms with E-state index in [4.69, 9.17) is 0 Å². The highest BCUT2D eigenvalue weighted by atomic mass is 16.2. The number of anilines is 1. The molecule has 0 aliphatic carbocycles. The molecule has 3 rings (SSSR count). The number of hydrogen-bond donors (Lipinski definition) is 1. The van der Waals surface area contributed by atoms with Crippen LogP contribution < -0.4 is 5.32 Å². The maximum absolute atomic E-state index is 12.6. The summed E-state index contributed by atoms with van der Waals surface area (Å²) in [5, 5.41) is 3.34. The number of nitrogens with one attached hydrogen (secondary N) is 1. The molecule has 2 aliphatic rings. The van der Waals surface area contributed by atoms with Gasteiger partial charge in [0.15, 0.2) is 0 Å². The predicted octanol–water partition coefficient (Wildman–Crippen LogP) is 2.92. The van der Waals surface area contributed by atoms with Crippen molar-refractivity contribution in [2.45, 2.75) is 33.1 Å². The zero-order valence-corrected chi connectivity index (χ0v) is 11.8. The Kier molecular flexibility index (Phi) is 3.00. The molecule has 1 aromatic carbocycles. The average Bonchev–Trinajstić information content (AvgIpc) is 2.83. The first-order valence-electron chi connectivity index (χ1n) is 7.21. The normalized spacial score (nSPS) is 20.8. The van der Waals surface area contributed by atoms with Crippen molar-refractivity contribution in [3.05, 3.63) is 29.3 Å². The van der Waals surface area contributed by atoms with E-state index in [1.165, 1.54) is 12.0 Å². The summed E-state index contributed by atoms with van der Waals surface area (Å²) < 4.78 is 0. The molecule has 2 heterocycles. The van der Waals surface area contributed by atoms with Gasteiger partial charge in [-0.25, -0.2) is 0 Å². The maximum atomic E-state index is 12.6. The van der Waals surface area contributed by atoms with Crippen molar-refractivity contribution >= 4 is 11.6 Å². The van der Waals surface area contributed by atoms with Gasteiger partial charge in [0, 0.05) is 30.9 Å². The van der Waals surface area contributed by atoms with E-state index in [0.717, 1.165) is 43.7 Å². The summed E-state index contributed by atoms with van der Waals surface area (Å²) in [4.78, 5) is 14.6. The second kappa shape index (κ2) is 4.55.